The van der Waals surface area contributed by atoms with Crippen molar-refractivity contribution in [2.45, 2.75) is 33.1 Å². The highest BCUT2D eigenvalue weighted by molar-refractivity contribution is 6.34. The third kappa shape index (κ3) is 5.43. The lowest BCUT2D eigenvalue weighted by Gasteiger charge is -2.13. The number of amides is 1. The summed E-state index contributed by atoms with van der Waals surface area (Å²) in [6.45, 7) is 6.25. The van der Waals surface area contributed by atoms with E-state index in [2.05, 4.69) is 36.1 Å². The molecule has 0 atom stereocenters. The van der Waals surface area contributed by atoms with Crippen molar-refractivity contribution in [3.63, 3.8) is 0 Å². The largest absolute Gasteiger partial charge is 0.438 e. The molecule has 0 aliphatic rings. The number of nitrogens with zero attached hydrogens (tertiary/aromatic N) is 2. The van der Waals surface area contributed by atoms with E-state index in [1.165, 1.54) is 0 Å². The van der Waals surface area contributed by atoms with Gasteiger partial charge in [0.05, 0.1) is 10.7 Å². The van der Waals surface area contributed by atoms with Crippen molar-refractivity contribution in [2.24, 2.45) is 0 Å². The summed E-state index contributed by atoms with van der Waals surface area (Å²) in [4.78, 5) is 21.7. The van der Waals surface area contributed by atoms with Gasteiger partial charge in [-0.25, -0.2) is 4.98 Å². The van der Waals surface area contributed by atoms with Crippen molar-refractivity contribution >= 4 is 23.2 Å². The predicted octanol–water partition coefficient (Wildman–Crippen LogP) is 7.53. The smallest absolute Gasteiger partial charge is 0.255 e. The molecule has 0 bridgehead atoms. The zero-order valence-corrected chi connectivity index (χ0v) is 20.1. The van der Waals surface area contributed by atoms with Gasteiger partial charge in [-0.2, -0.15) is 0 Å². The molecular weight excluding hydrogens is 446 g/mol. The molecule has 0 spiro atoms. The maximum Gasteiger partial charge on any atom is 0.255 e. The monoisotopic (exact) mass is 471 g/mol. The maximum absolute atomic E-state index is 12.9. The Kier molecular flexibility index (Phi) is 7.24. The Balaban J connectivity index is 1.59. The maximum atomic E-state index is 12.9. The zero-order valence-electron chi connectivity index (χ0n) is 19.4. The average Bonchev–Trinajstić information content (AvgIpc) is 2.86. The van der Waals surface area contributed by atoms with E-state index in [-0.39, 0.29) is 5.91 Å². The minimum absolute atomic E-state index is 0.232. The number of benzene rings is 2. The van der Waals surface area contributed by atoms with Crippen LogP contribution >= 0.6 is 11.6 Å². The van der Waals surface area contributed by atoms with Crippen LogP contribution in [0.4, 0.5) is 5.69 Å². The normalized spacial score (nSPS) is 10.9. The molecule has 172 valence electrons. The summed E-state index contributed by atoms with van der Waals surface area (Å²) in [6.07, 6.45) is 4.31. The van der Waals surface area contributed by atoms with Gasteiger partial charge in [0.1, 0.15) is 5.75 Å². The summed E-state index contributed by atoms with van der Waals surface area (Å²) in [7, 11) is 0. The van der Waals surface area contributed by atoms with Crippen LogP contribution in [0.3, 0.4) is 0 Å². The van der Waals surface area contributed by atoms with E-state index in [1.54, 1.807) is 36.7 Å². The standard InChI is InChI=1S/C28H26ClN3O2/c1-4-22-16-20(12-14-30-22)24-9-6-13-31-28(24)34-23-10-11-25(29)26(17-23)32-27(33)21-8-5-7-19(15-21)18(2)3/h5-18H,4H2,1-3H3,(H,32,33). The second kappa shape index (κ2) is 10.5. The van der Waals surface area contributed by atoms with Crippen LogP contribution < -0.4 is 10.1 Å². The van der Waals surface area contributed by atoms with Gasteiger partial charge in [-0.3, -0.25) is 9.78 Å². The first-order valence-electron chi connectivity index (χ1n) is 11.2. The Morgan fingerprint density at radius 1 is 1.00 bits per heavy atom. The van der Waals surface area contributed by atoms with Gasteiger partial charge in [-0.1, -0.05) is 44.5 Å². The molecule has 0 fully saturated rings. The van der Waals surface area contributed by atoms with Crippen molar-refractivity contribution in [1.82, 2.24) is 9.97 Å². The van der Waals surface area contributed by atoms with Gasteiger partial charge in [-0.15, -0.1) is 0 Å². The second-order valence-electron chi connectivity index (χ2n) is 8.22. The van der Waals surface area contributed by atoms with Crippen LogP contribution in [-0.4, -0.2) is 15.9 Å². The molecule has 2 heterocycles. The van der Waals surface area contributed by atoms with E-state index in [1.807, 2.05) is 42.5 Å². The number of anilines is 1. The number of aromatic nitrogens is 2. The number of ether oxygens (including phenoxy) is 1. The molecule has 6 heteroatoms. The van der Waals surface area contributed by atoms with E-state index < -0.39 is 0 Å². The Morgan fingerprint density at radius 3 is 2.65 bits per heavy atom. The molecular formula is C28H26ClN3O2. The minimum atomic E-state index is -0.232. The van der Waals surface area contributed by atoms with Crippen molar-refractivity contribution in [1.29, 1.82) is 0 Å². The number of carbonyl (C=O) groups is 1. The Labute approximate surface area is 204 Å². The highest BCUT2D eigenvalue weighted by Gasteiger charge is 2.14. The third-order valence-electron chi connectivity index (χ3n) is 5.48. The van der Waals surface area contributed by atoms with E-state index in [9.17, 15) is 4.79 Å². The van der Waals surface area contributed by atoms with Gasteiger partial charge < -0.3 is 10.1 Å². The lowest BCUT2D eigenvalue weighted by Crippen LogP contribution is -2.12. The van der Waals surface area contributed by atoms with Crippen molar-refractivity contribution in [3.05, 3.63) is 101 Å². The average molecular weight is 472 g/mol. The van der Waals surface area contributed by atoms with Gasteiger partial charge in [0.15, 0.2) is 0 Å². The van der Waals surface area contributed by atoms with E-state index in [0.717, 1.165) is 28.8 Å². The number of rotatable bonds is 7. The molecule has 0 aliphatic carbocycles. The van der Waals surface area contributed by atoms with E-state index >= 15 is 0 Å². The molecule has 5 nitrogen and oxygen atoms in total. The summed E-state index contributed by atoms with van der Waals surface area (Å²) < 4.78 is 6.13. The lowest BCUT2D eigenvalue weighted by atomic mass is 10.0. The Morgan fingerprint density at radius 2 is 1.85 bits per heavy atom. The van der Waals surface area contributed by atoms with Crippen LogP contribution in [0.5, 0.6) is 11.6 Å². The van der Waals surface area contributed by atoms with Crippen LogP contribution in [-0.2, 0) is 6.42 Å². The molecule has 2 aromatic heterocycles. The summed E-state index contributed by atoms with van der Waals surface area (Å²) >= 11 is 6.38. The third-order valence-corrected chi connectivity index (χ3v) is 5.81. The molecule has 2 aromatic carbocycles. The second-order valence-corrected chi connectivity index (χ2v) is 8.63. The first-order valence-corrected chi connectivity index (χ1v) is 11.6. The number of aryl methyl sites for hydroxylation is 1. The first-order chi connectivity index (χ1) is 16.4. The molecule has 0 radical (unpaired) electrons. The van der Waals surface area contributed by atoms with Gasteiger partial charge in [-0.05, 0) is 72.0 Å². The Bertz CT molecular complexity index is 1320. The molecule has 4 aromatic rings. The number of nitrogens with one attached hydrogen (secondary N) is 1. The molecule has 0 saturated carbocycles. The molecule has 1 N–H and O–H groups in total. The molecule has 0 aliphatic heterocycles. The van der Waals surface area contributed by atoms with Gasteiger partial charge in [0, 0.05) is 35.3 Å². The minimum Gasteiger partial charge on any atom is -0.438 e. The molecule has 0 saturated heterocycles. The number of hydrogen-bond donors (Lipinski definition) is 1. The molecule has 0 unspecified atom stereocenters. The van der Waals surface area contributed by atoms with Crippen LogP contribution in [0.15, 0.2) is 79.1 Å². The van der Waals surface area contributed by atoms with Crippen molar-refractivity contribution < 1.29 is 9.53 Å². The lowest BCUT2D eigenvalue weighted by molar-refractivity contribution is 0.102. The summed E-state index contributed by atoms with van der Waals surface area (Å²) in [5.74, 6) is 1.07. The number of halogens is 1. The molecule has 1 amide bonds. The van der Waals surface area contributed by atoms with Crippen molar-refractivity contribution in [2.75, 3.05) is 5.32 Å². The Hall–Kier alpha value is -3.70. The summed E-state index contributed by atoms with van der Waals surface area (Å²) in [6, 6.07) is 20.5. The highest BCUT2D eigenvalue weighted by Crippen LogP contribution is 2.34. The highest BCUT2D eigenvalue weighted by atomic mass is 35.5. The fourth-order valence-electron chi connectivity index (χ4n) is 3.54. The topological polar surface area (TPSA) is 64.1 Å². The van der Waals surface area contributed by atoms with Gasteiger partial charge in [0.25, 0.3) is 5.91 Å². The SMILES string of the molecule is CCc1cc(-c2cccnc2Oc2ccc(Cl)c(NC(=O)c3cccc(C(C)C)c3)c2)ccn1. The van der Waals surface area contributed by atoms with Crippen LogP contribution in [0.1, 0.15) is 48.3 Å². The molecule has 34 heavy (non-hydrogen) atoms. The van der Waals surface area contributed by atoms with Crippen LogP contribution in [0.2, 0.25) is 5.02 Å². The van der Waals surface area contributed by atoms with E-state index in [0.29, 0.717) is 33.8 Å². The molecule has 4 rings (SSSR count). The first kappa shape index (κ1) is 23.5. The number of pyridine rings is 2. The fraction of sp³-hybridized carbons (Fsp3) is 0.179. The van der Waals surface area contributed by atoms with Crippen LogP contribution in [0.25, 0.3) is 11.1 Å². The van der Waals surface area contributed by atoms with Crippen LogP contribution in [0, 0.1) is 0 Å². The number of carbonyl (C=O) groups excluding carboxylic acids is 1. The van der Waals surface area contributed by atoms with E-state index in [4.69, 9.17) is 16.3 Å². The summed E-state index contributed by atoms with van der Waals surface area (Å²) in [5.41, 5.74) is 4.96. The zero-order chi connectivity index (χ0) is 24.1. The fourth-order valence-corrected chi connectivity index (χ4v) is 3.70. The quantitative estimate of drug-likeness (QED) is 0.302. The van der Waals surface area contributed by atoms with Crippen molar-refractivity contribution in [3.8, 4) is 22.8 Å². The van der Waals surface area contributed by atoms with Gasteiger partial charge >= 0.3 is 0 Å². The number of hydrogen-bond acceptors (Lipinski definition) is 4. The summed E-state index contributed by atoms with van der Waals surface area (Å²) in [5, 5.41) is 3.32. The van der Waals surface area contributed by atoms with Gasteiger partial charge in [0.2, 0.25) is 5.88 Å². The predicted molar refractivity (Wildman–Crippen MR) is 137 cm³/mol.